The van der Waals surface area contributed by atoms with Crippen molar-refractivity contribution in [2.45, 2.75) is 66.1 Å². The summed E-state index contributed by atoms with van der Waals surface area (Å²) in [5.74, 6) is -1.37. The molecule has 0 spiro atoms. The summed E-state index contributed by atoms with van der Waals surface area (Å²) in [4.78, 5) is 41.3. The van der Waals surface area contributed by atoms with Gasteiger partial charge in [0.05, 0.1) is 13.0 Å². The van der Waals surface area contributed by atoms with Gasteiger partial charge in [-0.25, -0.2) is 9.59 Å². The van der Waals surface area contributed by atoms with E-state index in [0.717, 1.165) is 33.5 Å². The lowest BCUT2D eigenvalue weighted by atomic mass is 9.89. The first-order valence-corrected chi connectivity index (χ1v) is 15.8. The Morgan fingerprint density at radius 1 is 0.826 bits per heavy atom. The molecule has 1 saturated heterocycles. The molecule has 1 aliphatic heterocycles. The first-order valence-electron chi connectivity index (χ1n) is 15.8. The van der Waals surface area contributed by atoms with Crippen LogP contribution in [0.2, 0.25) is 0 Å². The van der Waals surface area contributed by atoms with E-state index < -0.39 is 17.5 Å². The number of amides is 1. The molecule has 0 unspecified atom stereocenters. The molecule has 1 fully saturated rings. The minimum Gasteiger partial charge on any atom is -0.481 e. The highest BCUT2D eigenvalue weighted by molar-refractivity contribution is 5.79. The molecule has 3 aromatic rings. The number of esters is 1. The van der Waals surface area contributed by atoms with Gasteiger partial charge in [-0.15, -0.1) is 0 Å². The SMILES string of the molecule is Cc1c(COCC(=O)OC(C)(C)C)c(C)c(N2CCN(C(=O)OCC3c4ccccc4-c4ccccc43)CC2)c(C)c1CC(=O)O. The summed E-state index contributed by atoms with van der Waals surface area (Å²) in [6.45, 7) is 13.6. The number of anilines is 1. The molecule has 0 aromatic heterocycles. The number of nitrogens with zero attached hydrogens (tertiary/aromatic N) is 2. The topological polar surface area (TPSA) is 106 Å². The lowest BCUT2D eigenvalue weighted by molar-refractivity contribution is -0.160. The van der Waals surface area contributed by atoms with Gasteiger partial charge in [0.2, 0.25) is 0 Å². The van der Waals surface area contributed by atoms with Crippen molar-refractivity contribution in [2.24, 2.45) is 0 Å². The summed E-state index contributed by atoms with van der Waals surface area (Å²) in [5.41, 5.74) is 9.40. The number of piperazine rings is 1. The number of aliphatic carboxylic acids is 1. The second-order valence-electron chi connectivity index (χ2n) is 13.1. The van der Waals surface area contributed by atoms with Crippen molar-refractivity contribution in [2.75, 3.05) is 44.3 Å². The molecule has 0 bridgehead atoms. The maximum absolute atomic E-state index is 13.3. The average Bonchev–Trinajstić information content (AvgIpc) is 3.32. The van der Waals surface area contributed by atoms with Gasteiger partial charge in [-0.2, -0.15) is 0 Å². The minimum atomic E-state index is -0.915. The summed E-state index contributed by atoms with van der Waals surface area (Å²) >= 11 is 0. The van der Waals surface area contributed by atoms with Gasteiger partial charge in [0.1, 0.15) is 18.8 Å². The van der Waals surface area contributed by atoms with Crippen LogP contribution in [0.3, 0.4) is 0 Å². The van der Waals surface area contributed by atoms with Crippen LogP contribution in [0.15, 0.2) is 48.5 Å². The van der Waals surface area contributed by atoms with Gasteiger partial charge in [0, 0.05) is 37.8 Å². The number of fused-ring (bicyclic) bond motifs is 3. The zero-order chi connectivity index (χ0) is 33.2. The molecule has 9 nitrogen and oxygen atoms in total. The van der Waals surface area contributed by atoms with E-state index >= 15 is 0 Å². The molecule has 1 aliphatic carbocycles. The lowest BCUT2D eigenvalue weighted by Crippen LogP contribution is -2.49. The molecule has 0 atom stereocenters. The van der Waals surface area contributed by atoms with E-state index in [2.05, 4.69) is 29.2 Å². The predicted molar refractivity (Wildman–Crippen MR) is 176 cm³/mol. The number of carboxylic acid groups (broad SMARTS) is 1. The fourth-order valence-corrected chi connectivity index (χ4v) is 6.82. The van der Waals surface area contributed by atoms with Crippen molar-refractivity contribution >= 4 is 23.7 Å². The van der Waals surface area contributed by atoms with Crippen molar-refractivity contribution in [3.8, 4) is 11.1 Å². The standard InChI is InChI=1S/C37H44N2O7/c1-23-30(19-33(40)41)24(2)35(25(3)31(23)20-44-22-34(42)46-37(4,5)6)38-15-17-39(18-16-38)36(43)45-21-32-28-13-9-7-11-26(28)27-12-8-10-14-29(27)32/h7-14,32H,15-22H2,1-6H3,(H,40,41). The predicted octanol–water partition coefficient (Wildman–Crippen LogP) is 6.17. The summed E-state index contributed by atoms with van der Waals surface area (Å²) in [6, 6.07) is 16.6. The fraction of sp³-hybridized carbons (Fsp3) is 0.432. The number of carbonyl (C=O) groups excluding carboxylic acids is 2. The third-order valence-corrected chi connectivity index (χ3v) is 8.93. The van der Waals surface area contributed by atoms with Crippen molar-refractivity contribution in [1.29, 1.82) is 0 Å². The minimum absolute atomic E-state index is 0.000823. The van der Waals surface area contributed by atoms with E-state index in [4.69, 9.17) is 14.2 Å². The molecule has 244 valence electrons. The van der Waals surface area contributed by atoms with Crippen LogP contribution in [-0.4, -0.2) is 73.0 Å². The second kappa shape index (κ2) is 13.5. The summed E-state index contributed by atoms with van der Waals surface area (Å²) in [6.07, 6.45) is -0.453. The number of carboxylic acids is 1. The van der Waals surface area contributed by atoms with Gasteiger partial charge in [-0.1, -0.05) is 48.5 Å². The molecular weight excluding hydrogens is 584 g/mol. The number of rotatable bonds is 9. The molecular formula is C37H44N2O7. The third-order valence-electron chi connectivity index (χ3n) is 8.93. The van der Waals surface area contributed by atoms with E-state index in [1.807, 2.05) is 45.0 Å². The molecule has 1 amide bonds. The largest absolute Gasteiger partial charge is 0.481 e. The molecule has 1 N–H and O–H groups in total. The van der Waals surface area contributed by atoms with Crippen LogP contribution in [0.4, 0.5) is 10.5 Å². The number of benzene rings is 3. The van der Waals surface area contributed by atoms with Crippen molar-refractivity contribution in [3.05, 3.63) is 87.5 Å². The Labute approximate surface area is 271 Å². The highest BCUT2D eigenvalue weighted by atomic mass is 16.6. The van der Waals surface area contributed by atoms with Crippen LogP contribution in [0, 0.1) is 20.8 Å². The molecule has 3 aromatic carbocycles. The van der Waals surface area contributed by atoms with Crippen LogP contribution in [-0.2, 0) is 36.8 Å². The Morgan fingerprint density at radius 2 is 1.39 bits per heavy atom. The van der Waals surface area contributed by atoms with E-state index in [-0.39, 0.29) is 38.3 Å². The summed E-state index contributed by atoms with van der Waals surface area (Å²) in [5, 5.41) is 9.70. The summed E-state index contributed by atoms with van der Waals surface area (Å²) < 4.78 is 17.1. The second-order valence-corrected chi connectivity index (χ2v) is 13.1. The first-order chi connectivity index (χ1) is 21.9. The molecule has 0 radical (unpaired) electrons. The van der Waals surface area contributed by atoms with E-state index in [0.29, 0.717) is 26.2 Å². The number of hydrogen-bond donors (Lipinski definition) is 1. The quantitative estimate of drug-likeness (QED) is 0.281. The van der Waals surface area contributed by atoms with Crippen LogP contribution in [0.5, 0.6) is 0 Å². The molecule has 2 aliphatic rings. The Kier molecular flexibility index (Phi) is 9.72. The maximum atomic E-state index is 13.3. The number of carbonyl (C=O) groups is 3. The van der Waals surface area contributed by atoms with Crippen LogP contribution in [0.25, 0.3) is 11.1 Å². The first kappa shape index (κ1) is 33.0. The highest BCUT2D eigenvalue weighted by Crippen LogP contribution is 2.44. The molecule has 1 heterocycles. The lowest BCUT2D eigenvalue weighted by Gasteiger charge is -2.38. The van der Waals surface area contributed by atoms with Gasteiger partial charge in [-0.3, -0.25) is 4.79 Å². The average molecular weight is 629 g/mol. The highest BCUT2D eigenvalue weighted by Gasteiger charge is 2.31. The smallest absolute Gasteiger partial charge is 0.409 e. The van der Waals surface area contributed by atoms with Gasteiger partial charge in [-0.05, 0) is 91.6 Å². The normalized spacial score (nSPS) is 14.6. The molecule has 5 rings (SSSR count). The number of ether oxygens (including phenoxy) is 3. The van der Waals surface area contributed by atoms with E-state index in [1.165, 1.54) is 22.3 Å². The Morgan fingerprint density at radius 3 is 1.96 bits per heavy atom. The Hall–Kier alpha value is -4.37. The summed E-state index contributed by atoms with van der Waals surface area (Å²) in [7, 11) is 0. The van der Waals surface area contributed by atoms with Crippen LogP contribution < -0.4 is 4.90 Å². The monoisotopic (exact) mass is 628 g/mol. The fourth-order valence-electron chi connectivity index (χ4n) is 6.82. The van der Waals surface area contributed by atoms with Crippen molar-refractivity contribution < 1.29 is 33.7 Å². The van der Waals surface area contributed by atoms with Crippen molar-refractivity contribution in [3.63, 3.8) is 0 Å². The zero-order valence-corrected chi connectivity index (χ0v) is 27.6. The van der Waals surface area contributed by atoms with Crippen molar-refractivity contribution in [1.82, 2.24) is 4.90 Å². The third kappa shape index (κ3) is 7.04. The molecule has 9 heteroatoms. The van der Waals surface area contributed by atoms with E-state index in [1.54, 1.807) is 25.7 Å². The van der Waals surface area contributed by atoms with Crippen LogP contribution in [0.1, 0.15) is 65.6 Å². The molecule has 46 heavy (non-hydrogen) atoms. The maximum Gasteiger partial charge on any atom is 0.409 e. The van der Waals surface area contributed by atoms with Gasteiger partial charge < -0.3 is 29.1 Å². The number of hydrogen-bond acceptors (Lipinski definition) is 7. The molecule has 0 saturated carbocycles. The Bertz CT molecular complexity index is 1590. The van der Waals surface area contributed by atoms with Gasteiger partial charge in [0.25, 0.3) is 0 Å². The van der Waals surface area contributed by atoms with E-state index in [9.17, 15) is 19.5 Å². The van der Waals surface area contributed by atoms with Gasteiger partial charge >= 0.3 is 18.0 Å². The zero-order valence-electron chi connectivity index (χ0n) is 27.6. The van der Waals surface area contributed by atoms with Crippen LogP contribution >= 0.6 is 0 Å². The van der Waals surface area contributed by atoms with Gasteiger partial charge in [0.15, 0.2) is 0 Å². The Balaban J connectivity index is 1.27.